The highest BCUT2D eigenvalue weighted by atomic mass is 35.5. The quantitative estimate of drug-likeness (QED) is 0.216. The summed E-state index contributed by atoms with van der Waals surface area (Å²) in [4.78, 5) is 17.1. The van der Waals surface area contributed by atoms with Gasteiger partial charge in [-0.05, 0) is 55.8 Å². The standard InChI is InChI=1S/C22H18Cl2N2O4S/c1-14-9-11-17(12-10-14)31(28,29)21(20-18(23)7-4-8-19(20)24)26-30-22(27)25-16-6-3-5-15(2)13-16/h3-13H,1-2H3,(H,25,27). The minimum absolute atomic E-state index is 0.0458. The molecule has 3 rings (SSSR count). The second-order valence-corrected chi connectivity index (χ2v) is 9.36. The highest BCUT2D eigenvalue weighted by Crippen LogP contribution is 2.29. The summed E-state index contributed by atoms with van der Waals surface area (Å²) in [6.07, 6.45) is -0.967. The number of carbonyl (C=O) groups is 1. The maximum absolute atomic E-state index is 13.3. The number of hydrogen-bond donors (Lipinski definition) is 1. The van der Waals surface area contributed by atoms with Gasteiger partial charge in [-0.25, -0.2) is 13.2 Å². The van der Waals surface area contributed by atoms with Gasteiger partial charge in [-0.1, -0.05) is 64.3 Å². The average Bonchev–Trinajstić information content (AvgIpc) is 2.70. The van der Waals surface area contributed by atoms with Crippen LogP contribution in [0, 0.1) is 13.8 Å². The number of oxime groups is 1. The van der Waals surface area contributed by atoms with Gasteiger partial charge in [0.1, 0.15) is 0 Å². The molecule has 0 aliphatic heterocycles. The Hall–Kier alpha value is -2.87. The van der Waals surface area contributed by atoms with Crippen LogP contribution in [0.15, 0.2) is 76.8 Å². The first-order valence-corrected chi connectivity index (χ1v) is 11.3. The van der Waals surface area contributed by atoms with E-state index in [0.29, 0.717) is 5.69 Å². The third-order valence-corrected chi connectivity index (χ3v) is 6.55. The Bertz CT molecular complexity index is 1240. The zero-order valence-corrected chi connectivity index (χ0v) is 18.9. The molecule has 0 spiro atoms. The van der Waals surface area contributed by atoms with Crippen molar-refractivity contribution in [1.82, 2.24) is 0 Å². The molecule has 0 aromatic heterocycles. The topological polar surface area (TPSA) is 84.8 Å². The second-order valence-electron chi connectivity index (χ2n) is 6.68. The van der Waals surface area contributed by atoms with E-state index in [4.69, 9.17) is 28.0 Å². The molecular formula is C22H18Cl2N2O4S. The van der Waals surface area contributed by atoms with Crippen LogP contribution >= 0.6 is 23.2 Å². The molecular weight excluding hydrogens is 459 g/mol. The molecule has 0 fully saturated rings. The molecule has 160 valence electrons. The van der Waals surface area contributed by atoms with Crippen molar-refractivity contribution in [1.29, 1.82) is 0 Å². The molecule has 0 aliphatic rings. The summed E-state index contributed by atoms with van der Waals surface area (Å²) < 4.78 is 26.6. The highest BCUT2D eigenvalue weighted by molar-refractivity contribution is 8.07. The number of hydrogen-bond acceptors (Lipinski definition) is 5. The van der Waals surface area contributed by atoms with Gasteiger partial charge in [-0.2, -0.15) is 0 Å². The van der Waals surface area contributed by atoms with E-state index >= 15 is 0 Å². The lowest BCUT2D eigenvalue weighted by molar-refractivity contribution is 0.167. The van der Waals surface area contributed by atoms with Gasteiger partial charge in [-0.15, -0.1) is 0 Å². The van der Waals surface area contributed by atoms with Crippen molar-refractivity contribution < 1.29 is 18.0 Å². The Morgan fingerprint density at radius 2 is 1.52 bits per heavy atom. The third kappa shape index (κ3) is 5.44. The number of aryl methyl sites for hydroxylation is 2. The summed E-state index contributed by atoms with van der Waals surface area (Å²) >= 11 is 12.4. The van der Waals surface area contributed by atoms with Crippen LogP contribution in [0.2, 0.25) is 10.0 Å². The normalized spacial score (nSPS) is 11.8. The number of anilines is 1. The molecule has 0 bridgehead atoms. The van der Waals surface area contributed by atoms with Crippen molar-refractivity contribution >= 4 is 49.9 Å². The highest BCUT2D eigenvalue weighted by Gasteiger charge is 2.29. The van der Waals surface area contributed by atoms with Gasteiger partial charge in [-0.3, -0.25) is 10.2 Å². The monoisotopic (exact) mass is 476 g/mol. The lowest BCUT2D eigenvalue weighted by Gasteiger charge is -2.12. The molecule has 0 saturated heterocycles. The number of carbonyl (C=O) groups excluding carboxylic acids is 1. The first-order chi connectivity index (χ1) is 14.7. The summed E-state index contributed by atoms with van der Waals surface area (Å²) in [5.41, 5.74) is 2.21. The fourth-order valence-electron chi connectivity index (χ4n) is 2.71. The van der Waals surface area contributed by atoms with Crippen LogP contribution in [0.4, 0.5) is 10.5 Å². The van der Waals surface area contributed by atoms with E-state index in [2.05, 4.69) is 10.5 Å². The molecule has 0 saturated carbocycles. The van der Waals surface area contributed by atoms with Gasteiger partial charge >= 0.3 is 6.09 Å². The minimum atomic E-state index is -4.22. The fraction of sp³-hybridized carbons (Fsp3) is 0.0909. The number of nitrogens with one attached hydrogen (secondary N) is 1. The van der Waals surface area contributed by atoms with Crippen molar-refractivity contribution in [3.8, 4) is 0 Å². The molecule has 9 heteroatoms. The van der Waals surface area contributed by atoms with Gasteiger partial charge in [0.2, 0.25) is 14.9 Å². The van der Waals surface area contributed by atoms with Crippen LogP contribution in [0.5, 0.6) is 0 Å². The van der Waals surface area contributed by atoms with Crippen LogP contribution in [0.3, 0.4) is 0 Å². The van der Waals surface area contributed by atoms with Crippen molar-refractivity contribution in [2.24, 2.45) is 5.16 Å². The number of benzene rings is 3. The van der Waals surface area contributed by atoms with Crippen molar-refractivity contribution in [3.05, 3.63) is 93.5 Å². The first kappa shape index (κ1) is 22.8. The molecule has 0 atom stereocenters. The fourth-order valence-corrected chi connectivity index (χ4v) is 4.74. The lowest BCUT2D eigenvalue weighted by atomic mass is 10.2. The van der Waals surface area contributed by atoms with E-state index in [1.807, 2.05) is 19.9 Å². The number of sulfone groups is 1. The van der Waals surface area contributed by atoms with Gasteiger partial charge in [0.05, 0.1) is 20.5 Å². The Morgan fingerprint density at radius 1 is 0.903 bits per heavy atom. The Morgan fingerprint density at radius 3 is 2.13 bits per heavy atom. The van der Waals surface area contributed by atoms with Crippen molar-refractivity contribution in [3.63, 3.8) is 0 Å². The number of amides is 1. The predicted molar refractivity (Wildman–Crippen MR) is 123 cm³/mol. The minimum Gasteiger partial charge on any atom is -0.296 e. The molecule has 3 aromatic rings. The Balaban J connectivity index is 2.02. The summed E-state index contributed by atoms with van der Waals surface area (Å²) in [6, 6.07) is 17.6. The van der Waals surface area contributed by atoms with E-state index < -0.39 is 21.0 Å². The molecule has 1 amide bonds. The van der Waals surface area contributed by atoms with Gasteiger partial charge in [0.15, 0.2) is 0 Å². The lowest BCUT2D eigenvalue weighted by Crippen LogP contribution is -2.20. The SMILES string of the molecule is Cc1ccc(S(=O)(=O)C(=NOC(=O)Nc2cccc(C)c2)c2c(Cl)cccc2Cl)cc1. The second kappa shape index (κ2) is 9.51. The zero-order chi connectivity index (χ0) is 22.6. The molecule has 0 aliphatic carbocycles. The van der Waals surface area contributed by atoms with E-state index in [-0.39, 0.29) is 20.5 Å². The van der Waals surface area contributed by atoms with Crippen LogP contribution in [0.1, 0.15) is 16.7 Å². The first-order valence-electron chi connectivity index (χ1n) is 9.07. The summed E-state index contributed by atoms with van der Waals surface area (Å²) in [5, 5.41) is 5.66. The Kier molecular flexibility index (Phi) is 7.00. The van der Waals surface area contributed by atoms with Crippen LogP contribution in [-0.2, 0) is 14.7 Å². The maximum Gasteiger partial charge on any atom is 0.437 e. The van der Waals surface area contributed by atoms with E-state index in [0.717, 1.165) is 11.1 Å². The Labute approximate surface area is 190 Å². The predicted octanol–water partition coefficient (Wildman–Crippen LogP) is 5.99. The van der Waals surface area contributed by atoms with E-state index in [9.17, 15) is 13.2 Å². The zero-order valence-electron chi connectivity index (χ0n) is 16.6. The number of nitrogens with zero attached hydrogens (tertiary/aromatic N) is 1. The number of rotatable bonds is 4. The molecule has 6 nitrogen and oxygen atoms in total. The van der Waals surface area contributed by atoms with Crippen molar-refractivity contribution in [2.75, 3.05) is 5.32 Å². The van der Waals surface area contributed by atoms with Crippen LogP contribution < -0.4 is 5.32 Å². The van der Waals surface area contributed by atoms with Crippen molar-refractivity contribution in [2.45, 2.75) is 18.7 Å². The molecule has 31 heavy (non-hydrogen) atoms. The maximum atomic E-state index is 13.3. The van der Waals surface area contributed by atoms with Gasteiger partial charge in [0, 0.05) is 5.69 Å². The molecule has 1 N–H and O–H groups in total. The molecule has 0 radical (unpaired) electrons. The summed E-state index contributed by atoms with van der Waals surface area (Å²) in [6.45, 7) is 3.69. The largest absolute Gasteiger partial charge is 0.437 e. The van der Waals surface area contributed by atoms with Crippen LogP contribution in [0.25, 0.3) is 0 Å². The third-order valence-electron chi connectivity index (χ3n) is 4.24. The van der Waals surface area contributed by atoms with Gasteiger partial charge in [0.25, 0.3) is 0 Å². The van der Waals surface area contributed by atoms with E-state index in [1.54, 1.807) is 36.4 Å². The van der Waals surface area contributed by atoms with E-state index in [1.165, 1.54) is 24.3 Å². The summed E-state index contributed by atoms with van der Waals surface area (Å²) in [7, 11) is -4.22. The van der Waals surface area contributed by atoms with Gasteiger partial charge < -0.3 is 0 Å². The summed E-state index contributed by atoms with van der Waals surface area (Å²) in [5.74, 6) is 0. The smallest absolute Gasteiger partial charge is 0.296 e. The molecule has 0 unspecified atom stereocenters. The average molecular weight is 477 g/mol. The number of halogens is 2. The van der Waals surface area contributed by atoms with Crippen LogP contribution in [-0.4, -0.2) is 19.6 Å². The molecule has 0 heterocycles. The molecule has 3 aromatic carbocycles.